The molecule has 1 aromatic heterocycles. The van der Waals surface area contributed by atoms with Crippen molar-refractivity contribution in [2.24, 2.45) is 0 Å². The highest BCUT2D eigenvalue weighted by Crippen LogP contribution is 2.39. The van der Waals surface area contributed by atoms with Crippen molar-refractivity contribution in [2.75, 3.05) is 33.8 Å². The summed E-state index contributed by atoms with van der Waals surface area (Å²) in [5, 5.41) is 10.3. The van der Waals surface area contributed by atoms with E-state index in [1.54, 1.807) is 13.3 Å². The molecule has 4 rings (SSSR count). The molecule has 1 amide bonds. The zero-order chi connectivity index (χ0) is 19.7. The highest BCUT2D eigenvalue weighted by Gasteiger charge is 2.49. The van der Waals surface area contributed by atoms with Crippen LogP contribution in [0.5, 0.6) is 5.75 Å². The van der Waals surface area contributed by atoms with Gasteiger partial charge in [-0.05, 0) is 44.0 Å². The summed E-state index contributed by atoms with van der Waals surface area (Å²) in [5.41, 5.74) is 0.822. The van der Waals surface area contributed by atoms with E-state index in [1.807, 2.05) is 39.9 Å². The van der Waals surface area contributed by atoms with Gasteiger partial charge in [0.15, 0.2) is 5.82 Å². The number of piperidine rings is 1. The Labute approximate surface area is 165 Å². The first kappa shape index (κ1) is 19.0. The molecule has 0 bridgehead atoms. The fourth-order valence-electron chi connectivity index (χ4n) is 4.51. The van der Waals surface area contributed by atoms with E-state index >= 15 is 0 Å². The molecule has 2 aliphatic rings. The number of imidazole rings is 1. The second-order valence-electron chi connectivity index (χ2n) is 8.03. The van der Waals surface area contributed by atoms with Gasteiger partial charge in [-0.25, -0.2) is 4.98 Å². The Bertz CT molecular complexity index is 824. The van der Waals surface area contributed by atoms with Gasteiger partial charge in [0.2, 0.25) is 0 Å². The predicted octanol–water partition coefficient (Wildman–Crippen LogP) is 1.61. The average molecular weight is 384 g/mol. The molecule has 2 saturated heterocycles. The van der Waals surface area contributed by atoms with Gasteiger partial charge in [-0.15, -0.1) is 0 Å². The molecule has 28 heavy (non-hydrogen) atoms. The molecule has 2 aromatic rings. The van der Waals surface area contributed by atoms with E-state index in [0.717, 1.165) is 37.2 Å². The van der Waals surface area contributed by atoms with E-state index < -0.39 is 6.10 Å². The molecule has 0 saturated carbocycles. The zero-order valence-electron chi connectivity index (χ0n) is 16.5. The normalized spacial score (nSPS) is 22.0. The summed E-state index contributed by atoms with van der Waals surface area (Å²) < 4.78 is 7.09. The van der Waals surface area contributed by atoms with Crippen molar-refractivity contribution in [3.8, 4) is 5.75 Å². The van der Waals surface area contributed by atoms with Crippen molar-refractivity contribution in [3.63, 3.8) is 0 Å². The third-order valence-electron chi connectivity index (χ3n) is 6.16. The van der Waals surface area contributed by atoms with Gasteiger partial charge >= 0.3 is 0 Å². The minimum Gasteiger partial charge on any atom is -0.497 e. The topological polar surface area (TPSA) is 70.8 Å². The molecule has 2 aliphatic heterocycles. The van der Waals surface area contributed by atoms with E-state index in [4.69, 9.17) is 4.74 Å². The summed E-state index contributed by atoms with van der Waals surface area (Å²) in [6, 6.07) is 7.81. The molecule has 1 spiro atoms. The van der Waals surface area contributed by atoms with Crippen molar-refractivity contribution >= 4 is 5.91 Å². The van der Waals surface area contributed by atoms with Gasteiger partial charge in [-0.2, -0.15) is 0 Å². The fourth-order valence-corrected chi connectivity index (χ4v) is 4.51. The standard InChI is InChI=1S/C21H28N4O3/c1-23-10-7-21(8-11-23)13-17(26)15-25(21)20(27)19-22-9-12-24(19)14-16-3-5-18(28-2)6-4-16/h3-6,9,12,17,26H,7-8,10-11,13-15H2,1-2H3. The Balaban J connectivity index is 1.55. The van der Waals surface area contributed by atoms with Crippen LogP contribution >= 0.6 is 0 Å². The Hall–Kier alpha value is -2.38. The molecule has 0 radical (unpaired) electrons. The minimum atomic E-state index is -0.461. The van der Waals surface area contributed by atoms with E-state index in [2.05, 4.69) is 16.9 Å². The van der Waals surface area contributed by atoms with Crippen LogP contribution in [0.25, 0.3) is 0 Å². The van der Waals surface area contributed by atoms with Crippen molar-refractivity contribution in [3.05, 3.63) is 48.0 Å². The fraction of sp³-hybridized carbons (Fsp3) is 0.524. The smallest absolute Gasteiger partial charge is 0.290 e. The number of aliphatic hydroxyl groups is 1. The number of β-amino-alcohol motifs (C(OH)–C–C–N with tert-alkyl or cyclic N) is 1. The highest BCUT2D eigenvalue weighted by atomic mass is 16.5. The molecule has 2 fully saturated rings. The Morgan fingerprint density at radius 1 is 1.29 bits per heavy atom. The number of carbonyl (C=O) groups is 1. The van der Waals surface area contributed by atoms with Crippen LogP contribution in [0.4, 0.5) is 0 Å². The number of rotatable bonds is 4. The number of amides is 1. The number of nitrogens with zero attached hydrogens (tertiary/aromatic N) is 4. The first-order valence-electron chi connectivity index (χ1n) is 9.83. The van der Waals surface area contributed by atoms with Gasteiger partial charge in [0.05, 0.1) is 13.2 Å². The number of aliphatic hydroxyl groups excluding tert-OH is 1. The molecule has 1 atom stereocenters. The van der Waals surface area contributed by atoms with Crippen LogP contribution in [0.1, 0.15) is 35.4 Å². The summed E-state index contributed by atoms with van der Waals surface area (Å²) in [6.07, 6.45) is 5.50. The van der Waals surface area contributed by atoms with E-state index in [0.29, 0.717) is 25.3 Å². The second-order valence-corrected chi connectivity index (χ2v) is 8.03. The molecule has 3 heterocycles. The zero-order valence-corrected chi connectivity index (χ0v) is 16.5. The lowest BCUT2D eigenvalue weighted by Gasteiger charge is -2.43. The van der Waals surface area contributed by atoms with Crippen molar-refractivity contribution in [1.29, 1.82) is 0 Å². The maximum atomic E-state index is 13.4. The van der Waals surface area contributed by atoms with Gasteiger partial charge in [0.1, 0.15) is 5.75 Å². The van der Waals surface area contributed by atoms with Crippen LogP contribution in [-0.2, 0) is 6.54 Å². The van der Waals surface area contributed by atoms with Gasteiger partial charge in [-0.1, -0.05) is 12.1 Å². The molecule has 150 valence electrons. The lowest BCUT2D eigenvalue weighted by molar-refractivity contribution is 0.0393. The summed E-state index contributed by atoms with van der Waals surface area (Å²) in [7, 11) is 3.75. The van der Waals surface area contributed by atoms with E-state index in [-0.39, 0.29) is 11.4 Å². The van der Waals surface area contributed by atoms with Gasteiger partial charge in [0.25, 0.3) is 5.91 Å². The third-order valence-corrected chi connectivity index (χ3v) is 6.16. The SMILES string of the molecule is COc1ccc(Cn2ccnc2C(=O)N2CC(O)CC23CCN(C)CC3)cc1. The highest BCUT2D eigenvalue weighted by molar-refractivity contribution is 5.91. The van der Waals surface area contributed by atoms with Crippen LogP contribution in [0, 0.1) is 0 Å². The van der Waals surface area contributed by atoms with Crippen molar-refractivity contribution < 1.29 is 14.6 Å². The average Bonchev–Trinajstić information content (AvgIpc) is 3.29. The van der Waals surface area contributed by atoms with Gasteiger partial charge in [-0.3, -0.25) is 4.79 Å². The molecular formula is C21H28N4O3. The number of carbonyl (C=O) groups excluding carboxylic acids is 1. The molecular weight excluding hydrogens is 356 g/mol. The van der Waals surface area contributed by atoms with Crippen LogP contribution in [0.15, 0.2) is 36.7 Å². The summed E-state index contributed by atoms with van der Waals surface area (Å²) in [6.45, 7) is 2.84. The minimum absolute atomic E-state index is 0.0837. The van der Waals surface area contributed by atoms with Crippen molar-refractivity contribution in [2.45, 2.75) is 37.5 Å². The van der Waals surface area contributed by atoms with E-state index in [1.165, 1.54) is 0 Å². The van der Waals surface area contributed by atoms with Gasteiger partial charge < -0.3 is 24.2 Å². The molecule has 1 N–H and O–H groups in total. The number of hydrogen-bond donors (Lipinski definition) is 1. The van der Waals surface area contributed by atoms with Crippen LogP contribution in [-0.4, -0.2) is 75.8 Å². The lowest BCUT2D eigenvalue weighted by atomic mass is 9.84. The third kappa shape index (κ3) is 3.52. The quantitative estimate of drug-likeness (QED) is 0.867. The number of methoxy groups -OCH3 is 1. The molecule has 7 nitrogen and oxygen atoms in total. The number of aromatic nitrogens is 2. The van der Waals surface area contributed by atoms with Gasteiger partial charge in [0, 0.05) is 44.1 Å². The maximum Gasteiger partial charge on any atom is 0.290 e. The Kier molecular flexibility index (Phi) is 5.12. The number of benzene rings is 1. The molecule has 1 aromatic carbocycles. The molecule has 1 unspecified atom stereocenters. The summed E-state index contributed by atoms with van der Waals surface area (Å²) >= 11 is 0. The van der Waals surface area contributed by atoms with E-state index in [9.17, 15) is 9.90 Å². The van der Waals surface area contributed by atoms with Crippen LogP contribution in [0.3, 0.4) is 0 Å². The summed E-state index contributed by atoms with van der Waals surface area (Å²) in [5.74, 6) is 1.16. The largest absolute Gasteiger partial charge is 0.497 e. The lowest BCUT2D eigenvalue weighted by Crippen LogP contribution is -2.53. The predicted molar refractivity (Wildman–Crippen MR) is 105 cm³/mol. The maximum absolute atomic E-state index is 13.4. The number of ether oxygens (including phenoxy) is 1. The number of hydrogen-bond acceptors (Lipinski definition) is 5. The Morgan fingerprint density at radius 3 is 2.68 bits per heavy atom. The second kappa shape index (κ2) is 7.56. The van der Waals surface area contributed by atoms with Crippen molar-refractivity contribution in [1.82, 2.24) is 19.4 Å². The molecule has 0 aliphatic carbocycles. The monoisotopic (exact) mass is 384 g/mol. The van der Waals surface area contributed by atoms with Crippen LogP contribution < -0.4 is 4.74 Å². The summed E-state index contributed by atoms with van der Waals surface area (Å²) in [4.78, 5) is 21.9. The Morgan fingerprint density at radius 2 is 2.00 bits per heavy atom. The number of likely N-dealkylation sites (tertiary alicyclic amines) is 2. The first-order chi connectivity index (χ1) is 13.5. The first-order valence-corrected chi connectivity index (χ1v) is 9.83. The van der Waals surface area contributed by atoms with Crippen LogP contribution in [0.2, 0.25) is 0 Å². The molecule has 7 heteroatoms.